The van der Waals surface area contributed by atoms with Gasteiger partial charge in [0, 0.05) is 12.6 Å². The molecule has 0 saturated carbocycles. The van der Waals surface area contributed by atoms with E-state index in [0.29, 0.717) is 18.9 Å². The lowest BCUT2D eigenvalue weighted by Gasteiger charge is -2.35. The monoisotopic (exact) mass is 317 g/mol. The summed E-state index contributed by atoms with van der Waals surface area (Å²) in [6.07, 6.45) is 1.67. The van der Waals surface area contributed by atoms with Gasteiger partial charge in [-0.05, 0) is 43.5 Å². The van der Waals surface area contributed by atoms with Crippen molar-refractivity contribution < 1.29 is 9.29 Å². The zero-order chi connectivity index (χ0) is 14.9. The first-order valence-electron chi connectivity index (χ1n) is 6.55. The molecular weight excluding hydrogens is 298 g/mol. The van der Waals surface area contributed by atoms with Gasteiger partial charge in [0.25, 0.3) is 0 Å². The third-order valence-corrected chi connectivity index (χ3v) is 5.50. The molecule has 0 spiro atoms. The molecule has 0 bridgehead atoms. The van der Waals surface area contributed by atoms with Gasteiger partial charge in [-0.15, -0.1) is 0 Å². The fourth-order valence-corrected chi connectivity index (χ4v) is 2.65. The van der Waals surface area contributed by atoms with Crippen molar-refractivity contribution in [2.75, 3.05) is 30.9 Å². The van der Waals surface area contributed by atoms with Crippen molar-refractivity contribution in [3.05, 3.63) is 17.0 Å². The number of hydrogen-bond acceptors (Lipinski definition) is 5. The highest BCUT2D eigenvalue weighted by molar-refractivity contribution is 7.91. The fraction of sp³-hybridized carbons (Fsp3) is 0.692. The number of hydrogen-bond donors (Lipinski definition) is 0. The molecule has 1 saturated heterocycles. The van der Waals surface area contributed by atoms with E-state index in [-0.39, 0.29) is 11.3 Å². The first kappa shape index (κ1) is 15.8. The second-order valence-corrected chi connectivity index (χ2v) is 7.73. The lowest BCUT2D eigenvalue weighted by molar-refractivity contribution is 0.0985. The molecule has 0 radical (unpaired) electrons. The van der Waals surface area contributed by atoms with Crippen LogP contribution in [-0.2, 0) is 20.7 Å². The molecule has 1 aliphatic heterocycles. The van der Waals surface area contributed by atoms with Crippen LogP contribution in [0.25, 0.3) is 0 Å². The van der Waals surface area contributed by atoms with Gasteiger partial charge in [0.15, 0.2) is 4.75 Å². The van der Waals surface area contributed by atoms with E-state index in [9.17, 15) is 4.55 Å². The molecule has 2 heterocycles. The molecule has 1 aromatic heterocycles. The van der Waals surface area contributed by atoms with Gasteiger partial charge in [-0.3, -0.25) is 0 Å². The predicted octanol–water partition coefficient (Wildman–Crippen LogP) is 1.97. The van der Waals surface area contributed by atoms with Gasteiger partial charge in [0.2, 0.25) is 5.28 Å². The van der Waals surface area contributed by atoms with E-state index in [1.54, 1.807) is 6.26 Å². The molecule has 1 aliphatic rings. The van der Waals surface area contributed by atoms with Gasteiger partial charge in [-0.2, -0.15) is 0 Å². The molecule has 5 nitrogen and oxygen atoms in total. The van der Waals surface area contributed by atoms with E-state index >= 15 is 0 Å². The van der Waals surface area contributed by atoms with Gasteiger partial charge in [-0.25, -0.2) is 9.97 Å². The summed E-state index contributed by atoms with van der Waals surface area (Å²) >= 11 is 5.00. The van der Waals surface area contributed by atoms with E-state index in [0.717, 1.165) is 12.4 Å². The number of rotatable bonds is 3. The summed E-state index contributed by atoms with van der Waals surface area (Å²) < 4.78 is 16.8. The molecule has 1 fully saturated rings. The minimum Gasteiger partial charge on any atom is -0.616 e. The lowest BCUT2D eigenvalue weighted by Crippen LogP contribution is -2.44. The van der Waals surface area contributed by atoms with Crippen molar-refractivity contribution in [2.45, 2.75) is 31.6 Å². The quantitative estimate of drug-likeness (QED) is 0.630. The third kappa shape index (κ3) is 3.19. The Morgan fingerprint density at radius 2 is 2.20 bits per heavy atom. The zero-order valence-corrected chi connectivity index (χ0v) is 13.8. The maximum atomic E-state index is 11.9. The lowest BCUT2D eigenvalue weighted by atomic mass is 10.1. The highest BCUT2D eigenvalue weighted by Gasteiger charge is 2.34. The number of aromatic nitrogens is 2. The Labute approximate surface area is 127 Å². The van der Waals surface area contributed by atoms with Gasteiger partial charge in [0.1, 0.15) is 11.5 Å². The highest BCUT2D eigenvalue weighted by Crippen LogP contribution is 2.31. The molecular formula is C13H20ClN3O2S. The van der Waals surface area contributed by atoms with E-state index in [2.05, 4.69) is 21.8 Å². The second-order valence-electron chi connectivity index (χ2n) is 5.46. The smallest absolute Gasteiger partial charge is 0.224 e. The average Bonchev–Trinajstić information content (AvgIpc) is 2.38. The molecule has 112 valence electrons. The molecule has 1 aromatic rings. The second kappa shape index (κ2) is 6.05. The van der Waals surface area contributed by atoms with Crippen LogP contribution in [0, 0.1) is 0 Å². The van der Waals surface area contributed by atoms with Crippen LogP contribution in [0.2, 0.25) is 5.28 Å². The van der Waals surface area contributed by atoms with Crippen LogP contribution in [-0.4, -0.2) is 46.6 Å². The summed E-state index contributed by atoms with van der Waals surface area (Å²) in [6.45, 7) is 7.98. The predicted molar refractivity (Wildman–Crippen MR) is 81.8 cm³/mol. The Morgan fingerprint density at radius 1 is 1.50 bits per heavy atom. The maximum Gasteiger partial charge on any atom is 0.224 e. The third-order valence-electron chi connectivity index (χ3n) is 3.68. The Kier molecular flexibility index (Phi) is 4.79. The normalized spacial score (nSPS) is 21.9. The van der Waals surface area contributed by atoms with Gasteiger partial charge in [-0.1, -0.05) is 0 Å². The maximum absolute atomic E-state index is 11.9. The van der Waals surface area contributed by atoms with Crippen molar-refractivity contribution in [1.29, 1.82) is 0 Å². The van der Waals surface area contributed by atoms with Crippen LogP contribution in [0.15, 0.2) is 6.07 Å². The Bertz CT molecular complexity index is 485. The highest BCUT2D eigenvalue weighted by atomic mass is 35.5. The Balaban J connectivity index is 2.38. The summed E-state index contributed by atoms with van der Waals surface area (Å²) in [6, 6.07) is 2.12. The van der Waals surface area contributed by atoms with Crippen LogP contribution in [0.5, 0.6) is 0 Å². The molecule has 2 rings (SSSR count). The van der Waals surface area contributed by atoms with Crippen molar-refractivity contribution in [2.24, 2.45) is 0 Å². The van der Waals surface area contributed by atoms with Crippen molar-refractivity contribution >= 4 is 28.6 Å². The van der Waals surface area contributed by atoms with Crippen molar-refractivity contribution in [3.8, 4) is 0 Å². The molecule has 0 aliphatic carbocycles. The molecule has 7 heteroatoms. The van der Waals surface area contributed by atoms with Gasteiger partial charge < -0.3 is 14.2 Å². The summed E-state index contributed by atoms with van der Waals surface area (Å²) in [7, 11) is 0. The average molecular weight is 318 g/mol. The largest absolute Gasteiger partial charge is 0.616 e. The number of ether oxygens (including phenoxy) is 1. The molecule has 0 N–H and O–H groups in total. The Morgan fingerprint density at radius 3 is 2.80 bits per heavy atom. The van der Waals surface area contributed by atoms with E-state index in [4.69, 9.17) is 16.3 Å². The Hall–Kier alpha value is -0.560. The summed E-state index contributed by atoms with van der Waals surface area (Å²) in [4.78, 5) is 10.7. The standard InChI is InChI=1S/C13H20ClN3O2S/c1-9-8-19-6-5-17(9)11-7-10(15-12(14)16-11)13(2,3)20(4)18/h7,9H,5-6,8H2,1-4H3/t9-,20?/m0/s1. The molecule has 0 amide bonds. The minimum atomic E-state index is -1.05. The zero-order valence-electron chi connectivity index (χ0n) is 12.2. The van der Waals surface area contributed by atoms with Crippen LogP contribution in [0.3, 0.4) is 0 Å². The topological polar surface area (TPSA) is 61.3 Å². The van der Waals surface area contributed by atoms with Gasteiger partial charge >= 0.3 is 0 Å². The molecule has 1 unspecified atom stereocenters. The van der Waals surface area contributed by atoms with Crippen LogP contribution in [0.1, 0.15) is 26.5 Å². The summed E-state index contributed by atoms with van der Waals surface area (Å²) in [5.74, 6) is 0.773. The number of nitrogens with zero attached hydrogens (tertiary/aromatic N) is 3. The van der Waals surface area contributed by atoms with E-state index in [1.165, 1.54) is 0 Å². The van der Waals surface area contributed by atoms with E-state index < -0.39 is 15.9 Å². The molecule has 20 heavy (non-hydrogen) atoms. The van der Waals surface area contributed by atoms with Crippen LogP contribution < -0.4 is 4.90 Å². The van der Waals surface area contributed by atoms with Crippen LogP contribution in [0.4, 0.5) is 5.82 Å². The SMILES string of the molecule is C[C@H]1COCCN1c1cc(C(C)(C)[S+](C)[O-])nc(Cl)n1. The first-order valence-corrected chi connectivity index (χ1v) is 8.49. The summed E-state index contributed by atoms with van der Waals surface area (Å²) in [5.41, 5.74) is 0.701. The first-order chi connectivity index (χ1) is 9.32. The molecule has 2 atom stereocenters. The van der Waals surface area contributed by atoms with Gasteiger partial charge in [0.05, 0.1) is 25.5 Å². The summed E-state index contributed by atoms with van der Waals surface area (Å²) in [5, 5.41) is 0.190. The number of morpholine rings is 1. The number of anilines is 1. The van der Waals surface area contributed by atoms with E-state index in [1.807, 2.05) is 19.9 Å². The number of halogens is 1. The fourth-order valence-electron chi connectivity index (χ4n) is 2.08. The minimum absolute atomic E-state index is 0.190. The molecule has 0 aromatic carbocycles. The van der Waals surface area contributed by atoms with Crippen molar-refractivity contribution in [1.82, 2.24) is 9.97 Å². The van der Waals surface area contributed by atoms with Crippen LogP contribution >= 0.6 is 11.6 Å². The van der Waals surface area contributed by atoms with Crippen molar-refractivity contribution in [3.63, 3.8) is 0 Å².